The average Bonchev–Trinajstić information content (AvgIpc) is 2.27. The molecule has 1 saturated heterocycles. The maximum Gasteiger partial charge on any atom is 0.417 e. The van der Waals surface area contributed by atoms with Crippen molar-refractivity contribution < 1.29 is 13.2 Å². The van der Waals surface area contributed by atoms with E-state index in [9.17, 15) is 13.2 Å². The quantitative estimate of drug-likeness (QED) is 0.838. The lowest BCUT2D eigenvalue weighted by atomic mass is 10.0. The third kappa shape index (κ3) is 2.58. The van der Waals surface area contributed by atoms with Gasteiger partial charge in [0.05, 0.1) is 5.56 Å². The highest BCUT2D eigenvalue weighted by Crippen LogP contribution is 2.30. The van der Waals surface area contributed by atoms with Crippen molar-refractivity contribution in [1.29, 1.82) is 0 Å². The van der Waals surface area contributed by atoms with E-state index in [1.54, 1.807) is 0 Å². The monoisotopic (exact) mass is 259 g/mol. The Balaban J connectivity index is 2.24. The van der Waals surface area contributed by atoms with E-state index in [2.05, 4.69) is 10.3 Å². The maximum atomic E-state index is 12.5. The normalized spacial score (nSPS) is 19.9. The van der Waals surface area contributed by atoms with Crippen LogP contribution in [0.2, 0.25) is 0 Å². The van der Waals surface area contributed by atoms with Crippen LogP contribution in [0.25, 0.3) is 0 Å². The number of halogens is 3. The largest absolute Gasteiger partial charge is 0.417 e. The molecule has 6 heteroatoms. The van der Waals surface area contributed by atoms with Gasteiger partial charge in [-0.3, -0.25) is 0 Å². The first kappa shape index (κ1) is 13.1. The number of hydrogen-bond donors (Lipinski definition) is 1. The van der Waals surface area contributed by atoms with Gasteiger partial charge < -0.3 is 10.2 Å². The van der Waals surface area contributed by atoms with E-state index >= 15 is 0 Å². The molecule has 1 aliphatic rings. The summed E-state index contributed by atoms with van der Waals surface area (Å²) in [6.45, 7) is 6.42. The second-order valence-corrected chi connectivity index (χ2v) is 5.04. The van der Waals surface area contributed by atoms with Gasteiger partial charge in [0.1, 0.15) is 5.82 Å². The van der Waals surface area contributed by atoms with Crippen molar-refractivity contribution in [3.05, 3.63) is 23.9 Å². The highest BCUT2D eigenvalue weighted by atomic mass is 19.4. The molecule has 18 heavy (non-hydrogen) atoms. The average molecular weight is 259 g/mol. The second kappa shape index (κ2) is 4.42. The van der Waals surface area contributed by atoms with E-state index in [0.717, 1.165) is 31.9 Å². The van der Waals surface area contributed by atoms with Crippen LogP contribution >= 0.6 is 0 Å². The fourth-order valence-electron chi connectivity index (χ4n) is 2.12. The first-order chi connectivity index (χ1) is 8.31. The molecule has 2 heterocycles. The minimum atomic E-state index is -4.33. The molecule has 100 valence electrons. The number of nitrogens with zero attached hydrogens (tertiary/aromatic N) is 2. The first-order valence-corrected chi connectivity index (χ1v) is 5.82. The first-order valence-electron chi connectivity index (χ1n) is 5.82. The Bertz CT molecular complexity index is 412. The van der Waals surface area contributed by atoms with Gasteiger partial charge in [-0.25, -0.2) is 4.98 Å². The number of anilines is 1. The Labute approximate surface area is 104 Å². The molecule has 1 aromatic rings. The number of hydrogen-bond acceptors (Lipinski definition) is 3. The summed E-state index contributed by atoms with van der Waals surface area (Å²) in [5, 5.41) is 3.26. The fourth-order valence-corrected chi connectivity index (χ4v) is 2.12. The van der Waals surface area contributed by atoms with E-state index in [0.29, 0.717) is 5.82 Å². The van der Waals surface area contributed by atoms with Crippen LogP contribution in [-0.4, -0.2) is 30.2 Å². The molecule has 1 aliphatic heterocycles. The van der Waals surface area contributed by atoms with Crippen molar-refractivity contribution in [3.8, 4) is 0 Å². The van der Waals surface area contributed by atoms with Gasteiger partial charge in [-0.2, -0.15) is 13.2 Å². The fraction of sp³-hybridized carbons (Fsp3) is 0.583. The molecule has 0 atom stereocenters. The molecule has 1 aromatic heterocycles. The predicted octanol–water partition coefficient (Wildman–Crippen LogP) is 2.29. The molecule has 1 fully saturated rings. The van der Waals surface area contributed by atoms with Crippen molar-refractivity contribution in [3.63, 3.8) is 0 Å². The molecular formula is C12H16F3N3. The Hall–Kier alpha value is -1.30. The lowest BCUT2D eigenvalue weighted by molar-refractivity contribution is -0.137. The SMILES string of the molecule is CC1(C)CNCCN1c1ccc(C(F)(F)F)cn1. The molecule has 1 N–H and O–H groups in total. The van der Waals surface area contributed by atoms with Crippen molar-refractivity contribution in [2.24, 2.45) is 0 Å². The van der Waals surface area contributed by atoms with E-state index < -0.39 is 11.7 Å². The van der Waals surface area contributed by atoms with Gasteiger partial charge in [0, 0.05) is 31.4 Å². The minimum absolute atomic E-state index is 0.148. The Morgan fingerprint density at radius 3 is 2.56 bits per heavy atom. The van der Waals surface area contributed by atoms with Crippen LogP contribution in [0.4, 0.5) is 19.0 Å². The zero-order valence-corrected chi connectivity index (χ0v) is 10.4. The molecule has 0 amide bonds. The van der Waals surface area contributed by atoms with E-state index in [1.165, 1.54) is 6.07 Å². The van der Waals surface area contributed by atoms with Gasteiger partial charge in [0.15, 0.2) is 0 Å². The lowest BCUT2D eigenvalue weighted by Gasteiger charge is -2.43. The summed E-state index contributed by atoms with van der Waals surface area (Å²) >= 11 is 0. The van der Waals surface area contributed by atoms with E-state index in [1.807, 2.05) is 18.7 Å². The van der Waals surface area contributed by atoms with Gasteiger partial charge in [-0.1, -0.05) is 0 Å². The van der Waals surface area contributed by atoms with Crippen molar-refractivity contribution in [1.82, 2.24) is 10.3 Å². The Morgan fingerprint density at radius 1 is 1.33 bits per heavy atom. The highest BCUT2D eigenvalue weighted by molar-refractivity contribution is 5.43. The molecule has 2 rings (SSSR count). The number of alkyl halides is 3. The number of piperazine rings is 1. The van der Waals surface area contributed by atoms with Gasteiger partial charge in [0.2, 0.25) is 0 Å². The Kier molecular flexibility index (Phi) is 3.23. The zero-order valence-electron chi connectivity index (χ0n) is 10.4. The Morgan fingerprint density at radius 2 is 2.06 bits per heavy atom. The van der Waals surface area contributed by atoms with Gasteiger partial charge in [-0.15, -0.1) is 0 Å². The van der Waals surface area contributed by atoms with E-state index in [-0.39, 0.29) is 5.54 Å². The second-order valence-electron chi connectivity index (χ2n) is 5.04. The van der Waals surface area contributed by atoms with E-state index in [4.69, 9.17) is 0 Å². The van der Waals surface area contributed by atoms with Crippen molar-refractivity contribution in [2.45, 2.75) is 25.6 Å². The maximum absolute atomic E-state index is 12.5. The number of rotatable bonds is 1. The molecule has 3 nitrogen and oxygen atoms in total. The summed E-state index contributed by atoms with van der Waals surface area (Å²) in [5.41, 5.74) is -0.857. The standard InChI is InChI=1S/C12H16F3N3/c1-11(2)8-16-5-6-18(11)10-4-3-9(7-17-10)12(13,14)15/h3-4,7,16H,5-6,8H2,1-2H3. The number of pyridine rings is 1. The summed E-state index contributed by atoms with van der Waals surface area (Å²) in [6.07, 6.45) is -3.43. The lowest BCUT2D eigenvalue weighted by Crippen LogP contribution is -2.58. The number of nitrogens with one attached hydrogen (secondary N) is 1. The van der Waals surface area contributed by atoms with Crippen LogP contribution in [-0.2, 0) is 6.18 Å². The molecule has 0 unspecified atom stereocenters. The highest BCUT2D eigenvalue weighted by Gasteiger charge is 2.33. The van der Waals surface area contributed by atoms with Gasteiger partial charge in [0.25, 0.3) is 0 Å². The summed E-state index contributed by atoms with van der Waals surface area (Å²) in [7, 11) is 0. The van der Waals surface area contributed by atoms with Crippen LogP contribution < -0.4 is 10.2 Å². The van der Waals surface area contributed by atoms with Crippen molar-refractivity contribution >= 4 is 5.82 Å². The summed E-state index contributed by atoms with van der Waals surface area (Å²) in [6, 6.07) is 2.52. The predicted molar refractivity (Wildman–Crippen MR) is 63.5 cm³/mol. The van der Waals surface area contributed by atoms with Crippen LogP contribution in [0.1, 0.15) is 19.4 Å². The molecule has 0 radical (unpaired) electrons. The molecule has 0 aromatic carbocycles. The molecule has 0 bridgehead atoms. The third-order valence-corrected chi connectivity index (χ3v) is 3.15. The zero-order chi connectivity index (χ0) is 13.4. The summed E-state index contributed by atoms with van der Waals surface area (Å²) < 4.78 is 37.4. The molecule has 0 aliphatic carbocycles. The molecule has 0 spiro atoms. The van der Waals surface area contributed by atoms with Gasteiger partial charge >= 0.3 is 6.18 Å². The third-order valence-electron chi connectivity index (χ3n) is 3.15. The topological polar surface area (TPSA) is 28.2 Å². The summed E-state index contributed by atoms with van der Waals surface area (Å²) in [4.78, 5) is 5.97. The smallest absolute Gasteiger partial charge is 0.349 e. The van der Waals surface area contributed by atoms with Crippen LogP contribution in [0.5, 0.6) is 0 Å². The number of aromatic nitrogens is 1. The van der Waals surface area contributed by atoms with Crippen molar-refractivity contribution in [2.75, 3.05) is 24.5 Å². The van der Waals surface area contributed by atoms with Crippen LogP contribution in [0.15, 0.2) is 18.3 Å². The minimum Gasteiger partial charge on any atom is -0.349 e. The molecular weight excluding hydrogens is 243 g/mol. The van der Waals surface area contributed by atoms with Crippen LogP contribution in [0, 0.1) is 0 Å². The summed E-state index contributed by atoms with van der Waals surface area (Å²) in [5.74, 6) is 0.592. The molecule has 0 saturated carbocycles. The van der Waals surface area contributed by atoms with Crippen LogP contribution in [0.3, 0.4) is 0 Å². The van der Waals surface area contributed by atoms with Gasteiger partial charge in [-0.05, 0) is 26.0 Å².